The third kappa shape index (κ3) is 4.80. The van der Waals surface area contributed by atoms with Crippen LogP contribution < -0.4 is 19.5 Å². The predicted octanol–water partition coefficient (Wildman–Crippen LogP) is 4.51. The monoisotopic (exact) mass is 472 g/mol. The number of rotatable bonds is 6. The van der Waals surface area contributed by atoms with E-state index in [1.54, 1.807) is 6.92 Å². The zero-order chi connectivity index (χ0) is 24.3. The molecule has 3 aromatic carbocycles. The number of hydrogen-bond donors (Lipinski definition) is 1. The average Bonchev–Trinajstić information content (AvgIpc) is 3.36. The molecule has 0 spiro atoms. The highest BCUT2D eigenvalue weighted by Gasteiger charge is 2.43. The molecule has 180 valence electrons. The first kappa shape index (κ1) is 22.8. The minimum atomic E-state index is -0.688. The molecule has 0 unspecified atom stereocenters. The summed E-state index contributed by atoms with van der Waals surface area (Å²) >= 11 is 0. The van der Waals surface area contributed by atoms with Gasteiger partial charge in [-0.2, -0.15) is 0 Å². The van der Waals surface area contributed by atoms with Crippen molar-refractivity contribution in [2.24, 2.45) is 0 Å². The standard InChI is InChI=1S/C28H28N2O5/c1-20(31)30-14-12-28(13-15-30,22-7-3-2-4-8-22)27(32)29-23-9-5-6-21(16-23)18-33-24-10-11-25-26(17-24)35-19-34-25/h2-11,16-17H,12-15,18-19H2,1H3,(H,29,32). The quantitative estimate of drug-likeness (QED) is 0.571. The van der Waals surface area contributed by atoms with Crippen molar-refractivity contribution in [3.8, 4) is 17.2 Å². The van der Waals surface area contributed by atoms with Gasteiger partial charge in [-0.1, -0.05) is 42.5 Å². The van der Waals surface area contributed by atoms with Crippen molar-refractivity contribution in [2.75, 3.05) is 25.2 Å². The second kappa shape index (κ2) is 9.70. The van der Waals surface area contributed by atoms with E-state index in [0.717, 1.165) is 11.1 Å². The van der Waals surface area contributed by atoms with Crippen molar-refractivity contribution in [1.82, 2.24) is 4.90 Å². The van der Waals surface area contributed by atoms with E-state index in [4.69, 9.17) is 14.2 Å². The minimum absolute atomic E-state index is 0.0437. The highest BCUT2D eigenvalue weighted by atomic mass is 16.7. The Kier molecular flexibility index (Phi) is 6.31. The lowest BCUT2D eigenvalue weighted by atomic mass is 9.72. The van der Waals surface area contributed by atoms with E-state index in [1.807, 2.05) is 77.7 Å². The van der Waals surface area contributed by atoms with Gasteiger partial charge in [0.15, 0.2) is 11.5 Å². The SMILES string of the molecule is CC(=O)N1CCC(C(=O)Nc2cccc(COc3ccc4c(c3)OCO4)c2)(c2ccccc2)CC1. The van der Waals surface area contributed by atoms with Crippen molar-refractivity contribution < 1.29 is 23.8 Å². The van der Waals surface area contributed by atoms with Crippen LogP contribution in [-0.2, 0) is 21.6 Å². The van der Waals surface area contributed by atoms with E-state index >= 15 is 0 Å². The highest BCUT2D eigenvalue weighted by Crippen LogP contribution is 2.37. The molecular formula is C28H28N2O5. The van der Waals surface area contributed by atoms with Crippen LogP contribution in [0.25, 0.3) is 0 Å². The molecule has 7 nitrogen and oxygen atoms in total. The summed E-state index contributed by atoms with van der Waals surface area (Å²) in [5.41, 5.74) is 1.93. The Morgan fingerprint density at radius 1 is 0.943 bits per heavy atom. The van der Waals surface area contributed by atoms with Gasteiger partial charge in [0.2, 0.25) is 18.6 Å². The molecule has 0 atom stereocenters. The fraction of sp³-hybridized carbons (Fsp3) is 0.286. The largest absolute Gasteiger partial charge is 0.489 e. The van der Waals surface area contributed by atoms with Gasteiger partial charge in [0.25, 0.3) is 0 Å². The van der Waals surface area contributed by atoms with Crippen molar-refractivity contribution in [2.45, 2.75) is 31.8 Å². The van der Waals surface area contributed by atoms with Gasteiger partial charge >= 0.3 is 0 Å². The summed E-state index contributed by atoms with van der Waals surface area (Å²) in [7, 11) is 0. The highest BCUT2D eigenvalue weighted by molar-refractivity contribution is 5.99. The number of piperidine rings is 1. The molecule has 1 N–H and O–H groups in total. The predicted molar refractivity (Wildman–Crippen MR) is 132 cm³/mol. The van der Waals surface area contributed by atoms with Crippen LogP contribution in [0.5, 0.6) is 17.2 Å². The molecule has 2 amide bonds. The lowest BCUT2D eigenvalue weighted by molar-refractivity contribution is -0.133. The molecule has 0 bridgehead atoms. The molecular weight excluding hydrogens is 444 g/mol. The second-order valence-corrected chi connectivity index (χ2v) is 8.91. The maximum atomic E-state index is 13.7. The number of carbonyl (C=O) groups excluding carboxylic acids is 2. The number of ether oxygens (including phenoxy) is 3. The van der Waals surface area contributed by atoms with Gasteiger partial charge in [0.05, 0.1) is 5.41 Å². The Morgan fingerprint density at radius 2 is 1.71 bits per heavy atom. The van der Waals surface area contributed by atoms with E-state index in [1.165, 1.54) is 0 Å². The Morgan fingerprint density at radius 3 is 2.49 bits per heavy atom. The van der Waals surface area contributed by atoms with Gasteiger partial charge in [-0.05, 0) is 48.2 Å². The number of amides is 2. The lowest BCUT2D eigenvalue weighted by Crippen LogP contribution is -2.50. The van der Waals surface area contributed by atoms with E-state index in [-0.39, 0.29) is 18.6 Å². The van der Waals surface area contributed by atoms with E-state index in [2.05, 4.69) is 5.32 Å². The molecule has 0 radical (unpaired) electrons. The molecule has 2 heterocycles. The summed E-state index contributed by atoms with van der Waals surface area (Å²) in [5.74, 6) is 2.06. The maximum Gasteiger partial charge on any atom is 0.235 e. The molecule has 35 heavy (non-hydrogen) atoms. The molecule has 2 aliphatic rings. The normalized spacial score (nSPS) is 16.0. The topological polar surface area (TPSA) is 77.1 Å². The third-order valence-electron chi connectivity index (χ3n) is 6.76. The van der Waals surface area contributed by atoms with Gasteiger partial charge in [-0.15, -0.1) is 0 Å². The van der Waals surface area contributed by atoms with Crippen LogP contribution in [0.2, 0.25) is 0 Å². The van der Waals surface area contributed by atoms with Gasteiger partial charge < -0.3 is 24.4 Å². The number of nitrogens with one attached hydrogen (secondary N) is 1. The van der Waals surface area contributed by atoms with Crippen LogP contribution in [0.1, 0.15) is 30.9 Å². The summed E-state index contributed by atoms with van der Waals surface area (Å²) in [5, 5.41) is 3.13. The average molecular weight is 473 g/mol. The minimum Gasteiger partial charge on any atom is -0.489 e. The fourth-order valence-corrected chi connectivity index (χ4v) is 4.73. The molecule has 7 heteroatoms. The molecule has 0 aliphatic carbocycles. The van der Waals surface area contributed by atoms with Crippen LogP contribution in [-0.4, -0.2) is 36.6 Å². The van der Waals surface area contributed by atoms with Crippen molar-refractivity contribution in [3.05, 3.63) is 83.9 Å². The Bertz CT molecular complexity index is 1220. The number of benzene rings is 3. The summed E-state index contributed by atoms with van der Waals surface area (Å²) in [4.78, 5) is 27.4. The van der Waals surface area contributed by atoms with Crippen molar-refractivity contribution in [3.63, 3.8) is 0 Å². The third-order valence-corrected chi connectivity index (χ3v) is 6.76. The summed E-state index contributed by atoms with van der Waals surface area (Å²) < 4.78 is 16.7. The fourth-order valence-electron chi connectivity index (χ4n) is 4.73. The molecule has 1 fully saturated rings. The molecule has 5 rings (SSSR count). The summed E-state index contributed by atoms with van der Waals surface area (Å²) in [6.07, 6.45) is 1.16. The number of likely N-dealkylation sites (tertiary alicyclic amines) is 1. The summed E-state index contributed by atoms with van der Waals surface area (Å²) in [6.45, 7) is 3.26. The van der Waals surface area contributed by atoms with Crippen LogP contribution >= 0.6 is 0 Å². The maximum absolute atomic E-state index is 13.7. The number of fused-ring (bicyclic) bond motifs is 1. The van der Waals surface area contributed by atoms with Crippen LogP contribution in [0, 0.1) is 0 Å². The van der Waals surface area contributed by atoms with Gasteiger partial charge in [-0.3, -0.25) is 9.59 Å². The van der Waals surface area contributed by atoms with E-state index in [0.29, 0.717) is 55.5 Å². The number of anilines is 1. The Labute approximate surface area is 204 Å². The number of hydrogen-bond acceptors (Lipinski definition) is 5. The van der Waals surface area contributed by atoms with Crippen LogP contribution in [0.3, 0.4) is 0 Å². The van der Waals surface area contributed by atoms with Crippen LogP contribution in [0.15, 0.2) is 72.8 Å². The Hall–Kier alpha value is -4.00. The zero-order valence-electron chi connectivity index (χ0n) is 19.7. The van der Waals surface area contributed by atoms with Crippen LogP contribution in [0.4, 0.5) is 5.69 Å². The first-order valence-corrected chi connectivity index (χ1v) is 11.8. The molecule has 0 saturated carbocycles. The first-order valence-electron chi connectivity index (χ1n) is 11.8. The van der Waals surface area contributed by atoms with Gasteiger partial charge in [-0.25, -0.2) is 0 Å². The molecule has 0 aromatic heterocycles. The molecule has 2 aliphatic heterocycles. The van der Waals surface area contributed by atoms with Crippen molar-refractivity contribution in [1.29, 1.82) is 0 Å². The molecule has 1 saturated heterocycles. The second-order valence-electron chi connectivity index (χ2n) is 8.91. The number of nitrogens with zero attached hydrogens (tertiary/aromatic N) is 1. The first-order chi connectivity index (χ1) is 17.0. The zero-order valence-corrected chi connectivity index (χ0v) is 19.7. The molecule has 3 aromatic rings. The van der Waals surface area contributed by atoms with Gasteiger partial charge in [0.1, 0.15) is 12.4 Å². The number of carbonyl (C=O) groups is 2. The van der Waals surface area contributed by atoms with E-state index < -0.39 is 5.41 Å². The lowest BCUT2D eigenvalue weighted by Gasteiger charge is -2.40. The van der Waals surface area contributed by atoms with Crippen molar-refractivity contribution >= 4 is 17.5 Å². The summed E-state index contributed by atoms with van der Waals surface area (Å²) in [6, 6.07) is 23.0. The Balaban J connectivity index is 1.30. The van der Waals surface area contributed by atoms with Gasteiger partial charge in [0, 0.05) is 31.8 Å². The smallest absolute Gasteiger partial charge is 0.235 e. The van der Waals surface area contributed by atoms with E-state index in [9.17, 15) is 9.59 Å².